The van der Waals surface area contributed by atoms with E-state index in [0.717, 1.165) is 12.8 Å². The molecular formula is C14H18N2S. The Hall–Kier alpha value is -1.16. The molecule has 0 aliphatic heterocycles. The van der Waals surface area contributed by atoms with Crippen LogP contribution in [-0.2, 0) is 6.42 Å². The molecular weight excluding hydrogens is 228 g/mol. The van der Waals surface area contributed by atoms with Gasteiger partial charge in [-0.05, 0) is 42.3 Å². The molecule has 17 heavy (non-hydrogen) atoms. The molecule has 0 radical (unpaired) electrons. The van der Waals surface area contributed by atoms with Gasteiger partial charge < -0.3 is 0 Å². The Morgan fingerprint density at radius 3 is 2.65 bits per heavy atom. The lowest BCUT2D eigenvalue weighted by Crippen LogP contribution is -2.28. The number of hydrogen-bond acceptors (Lipinski definition) is 3. The topological polar surface area (TPSA) is 38.0 Å². The first-order chi connectivity index (χ1) is 8.29. The number of nitrogens with one attached hydrogen (secondary N) is 1. The minimum atomic E-state index is 0.250. The third kappa shape index (κ3) is 3.40. The number of benzene rings is 1. The van der Waals surface area contributed by atoms with Gasteiger partial charge in [-0.25, -0.2) is 0 Å². The number of nitrogens with two attached hydrogens (primary N) is 1. The Morgan fingerprint density at radius 1 is 1.29 bits per heavy atom. The molecule has 2 rings (SSSR count). The van der Waals surface area contributed by atoms with E-state index in [4.69, 9.17) is 5.84 Å². The first kappa shape index (κ1) is 12.3. The van der Waals surface area contributed by atoms with Crippen molar-refractivity contribution in [3.8, 4) is 0 Å². The summed E-state index contributed by atoms with van der Waals surface area (Å²) < 4.78 is 0. The van der Waals surface area contributed by atoms with Crippen molar-refractivity contribution in [2.75, 3.05) is 0 Å². The number of rotatable bonds is 5. The Labute approximate surface area is 106 Å². The van der Waals surface area contributed by atoms with E-state index in [0.29, 0.717) is 0 Å². The summed E-state index contributed by atoms with van der Waals surface area (Å²) in [4.78, 5) is 1.33. The fourth-order valence-electron chi connectivity index (χ4n) is 1.95. The molecule has 90 valence electrons. The van der Waals surface area contributed by atoms with Gasteiger partial charge in [-0.15, -0.1) is 11.3 Å². The highest BCUT2D eigenvalue weighted by Gasteiger charge is 2.10. The standard InChI is InChI=1S/C14H18N2S/c1-11-9-13(10-17-11)14(16-15)8-7-12-5-3-2-4-6-12/h2-6,9-10,14,16H,7-8,15H2,1H3. The largest absolute Gasteiger partial charge is 0.271 e. The van der Waals surface area contributed by atoms with E-state index >= 15 is 0 Å². The highest BCUT2D eigenvalue weighted by atomic mass is 32.1. The van der Waals surface area contributed by atoms with E-state index in [1.54, 1.807) is 11.3 Å². The molecule has 0 spiro atoms. The van der Waals surface area contributed by atoms with Gasteiger partial charge in [-0.1, -0.05) is 30.3 Å². The molecule has 0 saturated carbocycles. The van der Waals surface area contributed by atoms with E-state index in [9.17, 15) is 0 Å². The molecule has 1 unspecified atom stereocenters. The maximum absolute atomic E-state index is 5.63. The van der Waals surface area contributed by atoms with E-state index in [1.165, 1.54) is 16.0 Å². The Morgan fingerprint density at radius 2 is 2.06 bits per heavy atom. The van der Waals surface area contributed by atoms with Crippen molar-refractivity contribution >= 4 is 11.3 Å². The van der Waals surface area contributed by atoms with E-state index in [1.807, 2.05) is 6.07 Å². The lowest BCUT2D eigenvalue weighted by Gasteiger charge is -2.14. The van der Waals surface area contributed by atoms with Crippen molar-refractivity contribution in [1.82, 2.24) is 5.43 Å². The van der Waals surface area contributed by atoms with Crippen molar-refractivity contribution in [2.45, 2.75) is 25.8 Å². The van der Waals surface area contributed by atoms with Crippen LogP contribution in [0, 0.1) is 6.92 Å². The molecule has 0 aliphatic rings. The van der Waals surface area contributed by atoms with Crippen LogP contribution in [-0.4, -0.2) is 0 Å². The van der Waals surface area contributed by atoms with Crippen LogP contribution in [0.4, 0.5) is 0 Å². The van der Waals surface area contributed by atoms with Crippen LogP contribution in [0.15, 0.2) is 41.8 Å². The molecule has 1 heterocycles. The van der Waals surface area contributed by atoms with Gasteiger partial charge in [-0.3, -0.25) is 11.3 Å². The van der Waals surface area contributed by atoms with Gasteiger partial charge in [0.05, 0.1) is 0 Å². The molecule has 0 aliphatic carbocycles. The van der Waals surface area contributed by atoms with E-state index in [-0.39, 0.29) is 6.04 Å². The Balaban J connectivity index is 1.97. The zero-order chi connectivity index (χ0) is 12.1. The fourth-order valence-corrected chi connectivity index (χ4v) is 2.71. The average molecular weight is 246 g/mol. The van der Waals surface area contributed by atoms with Gasteiger partial charge >= 0.3 is 0 Å². The van der Waals surface area contributed by atoms with Crippen LogP contribution in [0.25, 0.3) is 0 Å². The summed E-state index contributed by atoms with van der Waals surface area (Å²) >= 11 is 1.77. The van der Waals surface area contributed by atoms with Crippen molar-refractivity contribution in [2.24, 2.45) is 5.84 Å². The van der Waals surface area contributed by atoms with Crippen LogP contribution in [0.3, 0.4) is 0 Å². The third-order valence-electron chi connectivity index (χ3n) is 2.92. The summed E-state index contributed by atoms with van der Waals surface area (Å²) in [5.74, 6) is 5.63. The molecule has 0 fully saturated rings. The highest BCUT2D eigenvalue weighted by Crippen LogP contribution is 2.23. The summed E-state index contributed by atoms with van der Waals surface area (Å²) in [5.41, 5.74) is 5.57. The van der Waals surface area contributed by atoms with Crippen molar-refractivity contribution in [3.63, 3.8) is 0 Å². The molecule has 0 bridgehead atoms. The summed E-state index contributed by atoms with van der Waals surface area (Å²) in [6, 6.07) is 13.0. The molecule has 1 atom stereocenters. The van der Waals surface area contributed by atoms with Gasteiger partial charge in [0.1, 0.15) is 0 Å². The van der Waals surface area contributed by atoms with Crippen molar-refractivity contribution in [3.05, 3.63) is 57.8 Å². The van der Waals surface area contributed by atoms with Crippen molar-refractivity contribution in [1.29, 1.82) is 0 Å². The number of aryl methyl sites for hydroxylation is 2. The maximum Gasteiger partial charge on any atom is 0.0471 e. The van der Waals surface area contributed by atoms with Crippen LogP contribution in [0.5, 0.6) is 0 Å². The lowest BCUT2D eigenvalue weighted by atomic mass is 10.0. The summed E-state index contributed by atoms with van der Waals surface area (Å²) in [6.45, 7) is 2.12. The second-order valence-electron chi connectivity index (χ2n) is 4.23. The minimum Gasteiger partial charge on any atom is -0.271 e. The zero-order valence-corrected chi connectivity index (χ0v) is 10.8. The van der Waals surface area contributed by atoms with Gasteiger partial charge in [0.25, 0.3) is 0 Å². The molecule has 1 aromatic heterocycles. The van der Waals surface area contributed by atoms with Crippen LogP contribution in [0.2, 0.25) is 0 Å². The number of hydrazine groups is 1. The third-order valence-corrected chi connectivity index (χ3v) is 3.80. The first-order valence-electron chi connectivity index (χ1n) is 5.84. The smallest absolute Gasteiger partial charge is 0.0471 e. The second-order valence-corrected chi connectivity index (χ2v) is 5.35. The van der Waals surface area contributed by atoms with E-state index in [2.05, 4.69) is 48.1 Å². The molecule has 1 aromatic carbocycles. The average Bonchev–Trinajstić information content (AvgIpc) is 2.78. The molecule has 2 aromatic rings. The lowest BCUT2D eigenvalue weighted by molar-refractivity contribution is 0.517. The zero-order valence-electron chi connectivity index (χ0n) is 10.0. The van der Waals surface area contributed by atoms with Crippen LogP contribution < -0.4 is 11.3 Å². The van der Waals surface area contributed by atoms with Crippen molar-refractivity contribution < 1.29 is 0 Å². The van der Waals surface area contributed by atoms with E-state index < -0.39 is 0 Å². The quantitative estimate of drug-likeness (QED) is 0.628. The monoisotopic (exact) mass is 246 g/mol. The SMILES string of the molecule is Cc1cc(C(CCc2ccccc2)NN)cs1. The maximum atomic E-state index is 5.63. The molecule has 0 amide bonds. The van der Waals surface area contributed by atoms with Gasteiger partial charge in [0.2, 0.25) is 0 Å². The molecule has 0 saturated heterocycles. The molecule has 2 nitrogen and oxygen atoms in total. The number of hydrogen-bond donors (Lipinski definition) is 2. The first-order valence-corrected chi connectivity index (χ1v) is 6.72. The molecule has 3 heteroatoms. The van der Waals surface area contributed by atoms with Crippen LogP contribution >= 0.6 is 11.3 Å². The Kier molecular flexibility index (Phi) is 4.31. The second kappa shape index (κ2) is 5.96. The summed E-state index contributed by atoms with van der Waals surface area (Å²) in [7, 11) is 0. The minimum absolute atomic E-state index is 0.250. The van der Waals surface area contributed by atoms with Gasteiger partial charge in [0.15, 0.2) is 0 Å². The van der Waals surface area contributed by atoms with Gasteiger partial charge in [-0.2, -0.15) is 0 Å². The normalized spacial score (nSPS) is 12.6. The predicted molar refractivity (Wildman–Crippen MR) is 73.9 cm³/mol. The summed E-state index contributed by atoms with van der Waals surface area (Å²) in [6.07, 6.45) is 2.07. The van der Waals surface area contributed by atoms with Crippen LogP contribution in [0.1, 0.15) is 28.5 Å². The highest BCUT2D eigenvalue weighted by molar-refractivity contribution is 7.10. The van der Waals surface area contributed by atoms with Gasteiger partial charge in [0, 0.05) is 10.9 Å². The predicted octanol–water partition coefficient (Wildman–Crippen LogP) is 3.19. The Bertz CT molecular complexity index is 450. The fraction of sp³-hybridized carbons (Fsp3) is 0.286. The molecule has 3 N–H and O–H groups in total. The summed E-state index contributed by atoms with van der Waals surface area (Å²) in [5, 5.41) is 2.19. The number of thiophene rings is 1.